The number of thiophene rings is 1. The molecule has 1 amide bonds. The highest BCUT2D eigenvalue weighted by Crippen LogP contribution is 2.40. The van der Waals surface area contributed by atoms with E-state index >= 15 is 0 Å². The predicted molar refractivity (Wildman–Crippen MR) is 127 cm³/mol. The second kappa shape index (κ2) is 8.77. The molecular weight excluding hydrogens is 420 g/mol. The molecule has 0 saturated heterocycles. The van der Waals surface area contributed by atoms with E-state index in [0.29, 0.717) is 33.2 Å². The Kier molecular flexibility index (Phi) is 5.84. The van der Waals surface area contributed by atoms with E-state index in [9.17, 15) is 9.59 Å². The lowest BCUT2D eigenvalue weighted by molar-refractivity contribution is 0.0751. The Morgan fingerprint density at radius 1 is 1.16 bits per heavy atom. The average molecular weight is 451 g/mol. The zero-order valence-electron chi connectivity index (χ0n) is 18.6. The van der Waals surface area contributed by atoms with E-state index < -0.39 is 0 Å². The molecule has 0 atom stereocenters. The van der Waals surface area contributed by atoms with Crippen LogP contribution >= 0.6 is 11.3 Å². The Balaban J connectivity index is 1.36. The number of fused-ring (bicyclic) bond motifs is 1. The van der Waals surface area contributed by atoms with Gasteiger partial charge in [-0.05, 0) is 43.7 Å². The highest BCUT2D eigenvalue weighted by Gasteiger charge is 2.36. The lowest BCUT2D eigenvalue weighted by atomic mass is 9.71. The van der Waals surface area contributed by atoms with E-state index in [1.54, 1.807) is 12.4 Å². The first kappa shape index (κ1) is 21.3. The highest BCUT2D eigenvalue weighted by molar-refractivity contribution is 7.17. The zero-order chi connectivity index (χ0) is 22.1. The van der Waals surface area contributed by atoms with Crippen molar-refractivity contribution in [3.63, 3.8) is 0 Å². The monoisotopic (exact) mass is 450 g/mol. The van der Waals surface area contributed by atoms with Crippen LogP contribution in [0.4, 0.5) is 0 Å². The number of Topliss-reactive ketones (excluding diaryl/α,β-unsaturated/α-hetero) is 1. The Labute approximate surface area is 192 Å². The second-order valence-corrected chi connectivity index (χ2v) is 10.7. The smallest absolute Gasteiger partial charge is 0.261 e. The van der Waals surface area contributed by atoms with E-state index in [2.05, 4.69) is 22.2 Å². The lowest BCUT2D eigenvalue weighted by Gasteiger charge is -2.31. The fourth-order valence-electron chi connectivity index (χ4n) is 5.20. The third-order valence-electron chi connectivity index (χ3n) is 7.24. The number of hydrogen-bond donors (Lipinski definition) is 2. The van der Waals surface area contributed by atoms with Crippen LogP contribution in [0.5, 0.6) is 0 Å². The normalized spacial score (nSPS) is 18.8. The van der Waals surface area contributed by atoms with E-state index in [4.69, 9.17) is 4.98 Å². The van der Waals surface area contributed by atoms with Gasteiger partial charge in [0.15, 0.2) is 11.4 Å². The number of carbonyl (C=O) groups is 2. The molecule has 2 fully saturated rings. The largest absolute Gasteiger partial charge is 0.351 e. The minimum Gasteiger partial charge on any atom is -0.351 e. The molecule has 2 aliphatic rings. The molecule has 5 rings (SSSR count). The van der Waals surface area contributed by atoms with Crippen LogP contribution in [0.1, 0.15) is 84.7 Å². The minimum atomic E-state index is -0.321. The number of H-pyrrole nitrogens is 1. The molecule has 0 unspecified atom stereocenters. The molecule has 7 heteroatoms. The standard InChI is InChI=1S/C25H30N4O2S/c1-25(11-5-2-6-12-25)22(30)17-14-26-23-21(17)29-18(15-27-23)19-9-10-20(32-19)24(31)28-13-16-7-3-4-8-16/h9-10,14-16H,2-8,11-13H2,1H3,(H,26,27)(H,28,31). The maximum atomic E-state index is 13.4. The molecule has 2 saturated carbocycles. The zero-order valence-corrected chi connectivity index (χ0v) is 19.4. The Morgan fingerprint density at radius 3 is 2.72 bits per heavy atom. The van der Waals surface area contributed by atoms with Gasteiger partial charge in [-0.25, -0.2) is 9.97 Å². The van der Waals surface area contributed by atoms with Crippen molar-refractivity contribution in [3.8, 4) is 10.6 Å². The predicted octanol–water partition coefficient (Wildman–Crippen LogP) is 5.76. The van der Waals surface area contributed by atoms with Gasteiger partial charge in [-0.1, -0.05) is 39.0 Å². The molecule has 0 aliphatic heterocycles. The molecule has 0 spiro atoms. The molecule has 168 valence electrons. The van der Waals surface area contributed by atoms with Gasteiger partial charge in [-0.2, -0.15) is 0 Å². The van der Waals surface area contributed by atoms with Crippen molar-refractivity contribution in [2.45, 2.75) is 64.7 Å². The minimum absolute atomic E-state index is 0.0232. The van der Waals surface area contributed by atoms with E-state index in [1.165, 1.54) is 43.4 Å². The summed E-state index contributed by atoms with van der Waals surface area (Å²) in [6, 6.07) is 3.77. The summed E-state index contributed by atoms with van der Waals surface area (Å²) in [5, 5.41) is 3.08. The molecule has 3 aromatic heterocycles. The molecule has 6 nitrogen and oxygen atoms in total. The van der Waals surface area contributed by atoms with Crippen molar-refractivity contribution >= 4 is 34.2 Å². The number of aromatic nitrogens is 3. The maximum absolute atomic E-state index is 13.4. The van der Waals surface area contributed by atoms with Crippen LogP contribution in [-0.4, -0.2) is 33.2 Å². The summed E-state index contributed by atoms with van der Waals surface area (Å²) in [4.78, 5) is 39.9. The van der Waals surface area contributed by atoms with Crippen LogP contribution in [0.15, 0.2) is 24.5 Å². The van der Waals surface area contributed by atoms with Gasteiger partial charge in [0.05, 0.1) is 27.2 Å². The molecule has 2 aliphatic carbocycles. The van der Waals surface area contributed by atoms with Crippen molar-refractivity contribution in [2.75, 3.05) is 6.54 Å². The van der Waals surface area contributed by atoms with E-state index in [1.807, 2.05) is 12.1 Å². The second-order valence-electron chi connectivity index (χ2n) is 9.63. The number of nitrogens with one attached hydrogen (secondary N) is 2. The van der Waals surface area contributed by atoms with Crippen LogP contribution in [0.3, 0.4) is 0 Å². The van der Waals surface area contributed by atoms with E-state index in [0.717, 1.165) is 37.1 Å². The number of amides is 1. The average Bonchev–Trinajstić information content (AvgIpc) is 3.58. The van der Waals surface area contributed by atoms with Crippen molar-refractivity contribution in [1.82, 2.24) is 20.3 Å². The number of ketones is 1. The molecule has 3 heterocycles. The summed E-state index contributed by atoms with van der Waals surface area (Å²) in [6.07, 6.45) is 13.7. The van der Waals surface area contributed by atoms with Gasteiger partial charge in [0, 0.05) is 18.2 Å². The third-order valence-corrected chi connectivity index (χ3v) is 8.35. The number of rotatable bonds is 6. The molecule has 2 N–H and O–H groups in total. The van der Waals surface area contributed by atoms with Crippen molar-refractivity contribution in [2.24, 2.45) is 11.3 Å². The number of aromatic amines is 1. The van der Waals surface area contributed by atoms with Gasteiger partial charge in [0.25, 0.3) is 5.91 Å². The highest BCUT2D eigenvalue weighted by atomic mass is 32.1. The van der Waals surface area contributed by atoms with Gasteiger partial charge in [-0.15, -0.1) is 11.3 Å². The van der Waals surface area contributed by atoms with E-state index in [-0.39, 0.29) is 17.1 Å². The summed E-state index contributed by atoms with van der Waals surface area (Å²) >= 11 is 1.42. The quantitative estimate of drug-likeness (QED) is 0.467. The fourth-order valence-corrected chi connectivity index (χ4v) is 6.08. The SMILES string of the molecule is CC1(C(=O)c2c[nH]c3ncc(-c4ccc(C(=O)NCC5CCCC5)s4)nc23)CCCCC1. The van der Waals surface area contributed by atoms with Crippen molar-refractivity contribution in [1.29, 1.82) is 0 Å². The Bertz CT molecular complexity index is 1140. The lowest BCUT2D eigenvalue weighted by Crippen LogP contribution is -2.30. The first-order chi connectivity index (χ1) is 15.5. The Hall–Kier alpha value is -2.54. The summed E-state index contributed by atoms with van der Waals surface area (Å²) < 4.78 is 0. The molecule has 0 bridgehead atoms. The molecule has 0 aromatic carbocycles. The molecular formula is C25H30N4O2S. The Morgan fingerprint density at radius 2 is 1.94 bits per heavy atom. The third kappa shape index (κ3) is 4.10. The topological polar surface area (TPSA) is 87.7 Å². The number of hydrogen-bond acceptors (Lipinski definition) is 5. The summed E-state index contributed by atoms with van der Waals surface area (Å²) in [5.41, 5.74) is 2.26. The van der Waals surface area contributed by atoms with Crippen LogP contribution in [0, 0.1) is 11.3 Å². The van der Waals surface area contributed by atoms with Crippen LogP contribution in [0.2, 0.25) is 0 Å². The van der Waals surface area contributed by atoms with Gasteiger partial charge in [-0.3, -0.25) is 9.59 Å². The van der Waals surface area contributed by atoms with Crippen molar-refractivity contribution in [3.05, 3.63) is 35.0 Å². The fraction of sp³-hybridized carbons (Fsp3) is 0.520. The maximum Gasteiger partial charge on any atom is 0.261 e. The molecule has 3 aromatic rings. The van der Waals surface area contributed by atoms with Gasteiger partial charge < -0.3 is 10.3 Å². The first-order valence-corrected chi connectivity index (χ1v) is 12.6. The first-order valence-electron chi connectivity index (χ1n) is 11.8. The van der Waals surface area contributed by atoms with Gasteiger partial charge >= 0.3 is 0 Å². The summed E-state index contributed by atoms with van der Waals surface area (Å²) in [6.45, 7) is 2.84. The van der Waals surface area contributed by atoms with Gasteiger partial charge in [0.1, 0.15) is 5.52 Å². The molecule has 32 heavy (non-hydrogen) atoms. The van der Waals surface area contributed by atoms with Crippen LogP contribution < -0.4 is 5.32 Å². The summed E-state index contributed by atoms with van der Waals surface area (Å²) in [5.74, 6) is 0.750. The van der Waals surface area contributed by atoms with Crippen LogP contribution in [0.25, 0.3) is 21.7 Å². The number of carbonyl (C=O) groups excluding carboxylic acids is 2. The number of nitrogens with zero attached hydrogens (tertiary/aromatic N) is 2. The summed E-state index contributed by atoms with van der Waals surface area (Å²) in [7, 11) is 0. The van der Waals surface area contributed by atoms with Gasteiger partial charge in [0.2, 0.25) is 0 Å². The van der Waals surface area contributed by atoms with Crippen molar-refractivity contribution < 1.29 is 9.59 Å². The molecule has 0 radical (unpaired) electrons. The van der Waals surface area contributed by atoms with Crippen LogP contribution in [-0.2, 0) is 0 Å².